The van der Waals surface area contributed by atoms with Gasteiger partial charge in [-0.15, -0.1) is 0 Å². The van der Waals surface area contributed by atoms with E-state index in [1.165, 1.54) is 5.56 Å². The van der Waals surface area contributed by atoms with Crippen LogP contribution in [0.25, 0.3) is 0 Å². The summed E-state index contributed by atoms with van der Waals surface area (Å²) in [7, 11) is 0. The summed E-state index contributed by atoms with van der Waals surface area (Å²) in [6.45, 7) is 9.94. The summed E-state index contributed by atoms with van der Waals surface area (Å²) >= 11 is 6.32. The Balaban J connectivity index is 2.10. The average molecular weight is 345 g/mol. The molecule has 0 aliphatic carbocycles. The Morgan fingerprint density at radius 3 is 2.38 bits per heavy atom. The predicted octanol–water partition coefficient (Wildman–Crippen LogP) is 3.88. The van der Waals surface area contributed by atoms with Gasteiger partial charge in [-0.05, 0) is 38.8 Å². The van der Waals surface area contributed by atoms with Crippen LogP contribution in [0.2, 0.25) is 5.15 Å². The van der Waals surface area contributed by atoms with E-state index in [0.717, 1.165) is 28.7 Å². The lowest BCUT2D eigenvalue weighted by atomic mass is 10.0. The largest absolute Gasteiger partial charge is 0.301 e. The number of carbonyl (C=O) groups excluding carboxylic acids is 1. The number of benzene rings is 1. The van der Waals surface area contributed by atoms with E-state index in [4.69, 9.17) is 11.6 Å². The molecular weight excluding hydrogens is 324 g/mol. The standard InChI is InChI=1S/C18H21ClN4O/c1-9-6-10(2)16(11(3)7-9)22-23-14(8-24)12(4)15-17(19)20-13(5)21-18(15)23/h6-8,12,14,22H,1-5H3. The van der Waals surface area contributed by atoms with Crippen molar-refractivity contribution in [1.29, 1.82) is 0 Å². The maximum absolute atomic E-state index is 11.7. The SMILES string of the molecule is Cc1cc(C)c(NN2c3nc(C)nc(Cl)c3C(C)C2C=O)c(C)c1. The lowest BCUT2D eigenvalue weighted by Crippen LogP contribution is -2.40. The molecule has 2 atom stereocenters. The number of aryl methyl sites for hydroxylation is 4. The average Bonchev–Trinajstić information content (AvgIpc) is 2.74. The molecule has 1 aromatic carbocycles. The number of aromatic nitrogens is 2. The normalized spacial score (nSPS) is 19.3. The van der Waals surface area contributed by atoms with Gasteiger partial charge in [0.1, 0.15) is 23.3 Å². The number of nitrogens with one attached hydrogen (secondary N) is 1. The molecule has 0 saturated heterocycles. The van der Waals surface area contributed by atoms with E-state index in [0.29, 0.717) is 16.8 Å². The molecule has 1 aliphatic heterocycles. The monoisotopic (exact) mass is 344 g/mol. The highest BCUT2D eigenvalue weighted by atomic mass is 35.5. The van der Waals surface area contributed by atoms with Crippen LogP contribution in [0.15, 0.2) is 12.1 Å². The third kappa shape index (κ3) is 2.63. The van der Waals surface area contributed by atoms with Gasteiger partial charge >= 0.3 is 0 Å². The second kappa shape index (κ2) is 6.06. The number of carbonyl (C=O) groups is 1. The molecule has 1 aromatic heterocycles. The van der Waals surface area contributed by atoms with Crippen LogP contribution < -0.4 is 10.4 Å². The van der Waals surface area contributed by atoms with Gasteiger partial charge in [-0.1, -0.05) is 36.2 Å². The number of nitrogens with zero attached hydrogens (tertiary/aromatic N) is 3. The van der Waals surface area contributed by atoms with E-state index >= 15 is 0 Å². The first-order chi connectivity index (χ1) is 11.3. The van der Waals surface area contributed by atoms with E-state index in [1.807, 2.05) is 11.9 Å². The maximum Gasteiger partial charge on any atom is 0.156 e. The van der Waals surface area contributed by atoms with Gasteiger partial charge in [0, 0.05) is 11.5 Å². The van der Waals surface area contributed by atoms with E-state index in [1.54, 1.807) is 6.92 Å². The van der Waals surface area contributed by atoms with Gasteiger partial charge in [0.2, 0.25) is 0 Å². The summed E-state index contributed by atoms with van der Waals surface area (Å²) in [5.41, 5.74) is 8.65. The summed E-state index contributed by atoms with van der Waals surface area (Å²) < 4.78 is 0. The Morgan fingerprint density at radius 1 is 1.17 bits per heavy atom. The highest BCUT2D eigenvalue weighted by Gasteiger charge is 2.40. The zero-order valence-electron chi connectivity index (χ0n) is 14.5. The van der Waals surface area contributed by atoms with Gasteiger partial charge in [0.25, 0.3) is 0 Å². The van der Waals surface area contributed by atoms with Crippen molar-refractivity contribution in [2.45, 2.75) is 46.6 Å². The molecule has 5 nitrogen and oxygen atoms in total. The molecule has 24 heavy (non-hydrogen) atoms. The fourth-order valence-electron chi connectivity index (χ4n) is 3.43. The fourth-order valence-corrected chi connectivity index (χ4v) is 3.81. The van der Waals surface area contributed by atoms with E-state index in [-0.39, 0.29) is 12.0 Å². The minimum atomic E-state index is -0.381. The van der Waals surface area contributed by atoms with Crippen LogP contribution in [0, 0.1) is 27.7 Å². The van der Waals surface area contributed by atoms with Gasteiger partial charge in [-0.3, -0.25) is 10.4 Å². The number of fused-ring (bicyclic) bond motifs is 1. The molecule has 6 heteroatoms. The zero-order valence-corrected chi connectivity index (χ0v) is 15.3. The highest BCUT2D eigenvalue weighted by molar-refractivity contribution is 6.30. The topological polar surface area (TPSA) is 58.1 Å². The second-order valence-corrected chi connectivity index (χ2v) is 6.83. The van der Waals surface area contributed by atoms with Crippen molar-refractivity contribution >= 4 is 29.4 Å². The molecule has 0 radical (unpaired) electrons. The molecule has 2 aromatic rings. The van der Waals surface area contributed by atoms with Crippen LogP contribution in [0.5, 0.6) is 0 Å². The quantitative estimate of drug-likeness (QED) is 0.676. The zero-order chi connectivity index (χ0) is 17.6. The van der Waals surface area contributed by atoms with Crippen molar-refractivity contribution in [3.8, 4) is 0 Å². The molecule has 0 fully saturated rings. The number of rotatable bonds is 3. The number of hydrazine groups is 1. The number of hydrogen-bond acceptors (Lipinski definition) is 5. The van der Waals surface area contributed by atoms with Gasteiger partial charge in [0.15, 0.2) is 5.82 Å². The summed E-state index contributed by atoms with van der Waals surface area (Å²) in [4.78, 5) is 20.5. The Bertz CT molecular complexity index is 798. The van der Waals surface area contributed by atoms with Gasteiger partial charge in [-0.25, -0.2) is 9.97 Å². The van der Waals surface area contributed by atoms with Crippen LogP contribution in [0.3, 0.4) is 0 Å². The first-order valence-electron chi connectivity index (χ1n) is 7.96. The molecule has 0 saturated carbocycles. The first-order valence-corrected chi connectivity index (χ1v) is 8.34. The minimum absolute atomic E-state index is 0.0795. The van der Waals surface area contributed by atoms with Gasteiger partial charge in [0.05, 0.1) is 5.69 Å². The Hall–Kier alpha value is -2.14. The maximum atomic E-state index is 11.7. The Labute approximate surface area is 147 Å². The number of aldehydes is 1. The van der Waals surface area contributed by atoms with Crippen LogP contribution in [-0.2, 0) is 4.79 Å². The molecule has 3 rings (SSSR count). The molecular formula is C18H21ClN4O. The lowest BCUT2D eigenvalue weighted by Gasteiger charge is -2.28. The van der Waals surface area contributed by atoms with Crippen LogP contribution in [0.4, 0.5) is 11.5 Å². The highest BCUT2D eigenvalue weighted by Crippen LogP contribution is 2.42. The minimum Gasteiger partial charge on any atom is -0.301 e. The smallest absolute Gasteiger partial charge is 0.156 e. The third-order valence-electron chi connectivity index (χ3n) is 4.53. The van der Waals surface area contributed by atoms with Crippen molar-refractivity contribution in [3.05, 3.63) is 45.4 Å². The summed E-state index contributed by atoms with van der Waals surface area (Å²) in [6, 6.07) is 3.85. The molecule has 0 bridgehead atoms. The lowest BCUT2D eigenvalue weighted by molar-refractivity contribution is -0.109. The molecule has 0 amide bonds. The van der Waals surface area contributed by atoms with E-state index < -0.39 is 0 Å². The summed E-state index contributed by atoms with van der Waals surface area (Å²) in [6.07, 6.45) is 0.934. The number of halogens is 1. The van der Waals surface area contributed by atoms with Gasteiger partial charge < -0.3 is 4.79 Å². The third-order valence-corrected chi connectivity index (χ3v) is 4.82. The van der Waals surface area contributed by atoms with Crippen LogP contribution in [0.1, 0.15) is 40.9 Å². The number of anilines is 2. The predicted molar refractivity (Wildman–Crippen MR) is 96.8 cm³/mol. The Morgan fingerprint density at radius 2 is 1.79 bits per heavy atom. The van der Waals surface area contributed by atoms with Gasteiger partial charge in [-0.2, -0.15) is 0 Å². The molecule has 0 spiro atoms. The summed E-state index contributed by atoms with van der Waals surface area (Å²) in [5, 5.41) is 2.23. The van der Waals surface area contributed by atoms with Crippen molar-refractivity contribution in [2.24, 2.45) is 0 Å². The van der Waals surface area contributed by atoms with E-state index in [2.05, 4.69) is 48.3 Å². The number of hydrogen-bond donors (Lipinski definition) is 1. The molecule has 2 heterocycles. The second-order valence-electron chi connectivity index (χ2n) is 6.47. The van der Waals surface area contributed by atoms with Crippen molar-refractivity contribution < 1.29 is 4.79 Å². The molecule has 126 valence electrons. The molecule has 1 aliphatic rings. The van der Waals surface area contributed by atoms with E-state index in [9.17, 15) is 4.79 Å². The van der Waals surface area contributed by atoms with Crippen LogP contribution >= 0.6 is 11.6 Å². The first kappa shape index (κ1) is 16.7. The van der Waals surface area contributed by atoms with Crippen molar-refractivity contribution in [3.63, 3.8) is 0 Å². The fraction of sp³-hybridized carbons (Fsp3) is 0.389. The summed E-state index contributed by atoms with van der Waals surface area (Å²) in [5.74, 6) is 1.18. The molecule has 1 N–H and O–H groups in total. The Kier molecular flexibility index (Phi) is 4.22. The van der Waals surface area contributed by atoms with Crippen molar-refractivity contribution in [2.75, 3.05) is 10.4 Å². The van der Waals surface area contributed by atoms with Crippen molar-refractivity contribution in [1.82, 2.24) is 9.97 Å². The van der Waals surface area contributed by atoms with Crippen LogP contribution in [-0.4, -0.2) is 22.3 Å². The molecule has 2 unspecified atom stereocenters.